The molecule has 0 saturated carbocycles. The number of aromatic nitrogens is 1. The summed E-state index contributed by atoms with van der Waals surface area (Å²) in [5.74, 6) is 0.886. The van der Waals surface area contributed by atoms with Gasteiger partial charge in [0.2, 0.25) is 0 Å². The van der Waals surface area contributed by atoms with Crippen molar-refractivity contribution in [2.45, 2.75) is 26.2 Å². The van der Waals surface area contributed by atoms with Gasteiger partial charge < -0.3 is 19.9 Å². The smallest absolute Gasteiger partial charge is 0.341 e. The topological polar surface area (TPSA) is 76.4 Å². The van der Waals surface area contributed by atoms with Crippen molar-refractivity contribution in [1.29, 1.82) is 0 Å². The quantitative estimate of drug-likeness (QED) is 0.658. The molecule has 1 aliphatic rings. The zero-order chi connectivity index (χ0) is 15.7. The molecule has 0 bridgehead atoms. The highest BCUT2D eigenvalue weighted by molar-refractivity contribution is 7.80. The van der Waals surface area contributed by atoms with E-state index in [9.17, 15) is 4.79 Å². The molecule has 0 aliphatic heterocycles. The SMILES string of the molecule is COC(=O)c1c(NC(=S)Nc2cc(C)on2)sc2c1CCC2. The van der Waals surface area contributed by atoms with Gasteiger partial charge in [-0.05, 0) is 44.0 Å². The van der Waals surface area contributed by atoms with Crippen LogP contribution in [0.25, 0.3) is 0 Å². The van der Waals surface area contributed by atoms with Gasteiger partial charge in [-0.3, -0.25) is 0 Å². The predicted molar refractivity (Wildman–Crippen MR) is 88.8 cm³/mol. The molecule has 22 heavy (non-hydrogen) atoms. The number of fused-ring (bicyclic) bond motifs is 1. The van der Waals surface area contributed by atoms with Crippen LogP contribution in [0.1, 0.15) is 33.0 Å². The van der Waals surface area contributed by atoms with Crippen LogP contribution in [0.2, 0.25) is 0 Å². The summed E-state index contributed by atoms with van der Waals surface area (Å²) in [7, 11) is 1.39. The fourth-order valence-corrected chi connectivity index (χ4v) is 4.04. The van der Waals surface area contributed by atoms with Crippen molar-refractivity contribution in [2.75, 3.05) is 17.7 Å². The second-order valence-corrected chi connectivity index (χ2v) is 6.47. The van der Waals surface area contributed by atoms with Crippen LogP contribution in [-0.4, -0.2) is 23.3 Å². The first-order valence-electron chi connectivity index (χ1n) is 6.82. The predicted octanol–water partition coefficient (Wildman–Crippen LogP) is 3.13. The van der Waals surface area contributed by atoms with Crippen LogP contribution in [0, 0.1) is 6.92 Å². The van der Waals surface area contributed by atoms with Gasteiger partial charge in [0.15, 0.2) is 10.9 Å². The largest absolute Gasteiger partial charge is 0.465 e. The third kappa shape index (κ3) is 2.84. The molecule has 0 amide bonds. The van der Waals surface area contributed by atoms with Gasteiger partial charge in [0.1, 0.15) is 10.8 Å². The Balaban J connectivity index is 1.80. The van der Waals surface area contributed by atoms with E-state index in [1.807, 2.05) is 0 Å². The average Bonchev–Trinajstić information content (AvgIpc) is 3.14. The van der Waals surface area contributed by atoms with E-state index in [2.05, 4.69) is 15.8 Å². The number of anilines is 2. The zero-order valence-electron chi connectivity index (χ0n) is 12.2. The number of rotatable bonds is 3. The highest BCUT2D eigenvalue weighted by atomic mass is 32.1. The Labute approximate surface area is 136 Å². The first kappa shape index (κ1) is 15.0. The molecule has 6 nitrogen and oxygen atoms in total. The molecule has 0 radical (unpaired) electrons. The molecular formula is C14H15N3O3S2. The summed E-state index contributed by atoms with van der Waals surface area (Å²) in [4.78, 5) is 13.3. The Bertz CT molecular complexity index is 736. The van der Waals surface area contributed by atoms with Crippen molar-refractivity contribution >= 4 is 45.5 Å². The first-order chi connectivity index (χ1) is 10.6. The number of esters is 1. The van der Waals surface area contributed by atoms with Gasteiger partial charge in [0, 0.05) is 10.9 Å². The lowest BCUT2D eigenvalue weighted by Gasteiger charge is -2.09. The number of hydrogen-bond donors (Lipinski definition) is 2. The number of carbonyl (C=O) groups is 1. The van der Waals surface area contributed by atoms with Crippen molar-refractivity contribution in [2.24, 2.45) is 0 Å². The van der Waals surface area contributed by atoms with E-state index in [-0.39, 0.29) is 5.97 Å². The number of thiophene rings is 1. The van der Waals surface area contributed by atoms with E-state index in [1.54, 1.807) is 24.3 Å². The molecule has 2 aromatic rings. The van der Waals surface area contributed by atoms with Crippen LogP contribution in [0.4, 0.5) is 10.8 Å². The van der Waals surface area contributed by atoms with Gasteiger partial charge in [0.25, 0.3) is 0 Å². The molecule has 0 aromatic carbocycles. The number of ether oxygens (including phenoxy) is 1. The summed E-state index contributed by atoms with van der Waals surface area (Å²) < 4.78 is 9.87. The monoisotopic (exact) mass is 337 g/mol. The van der Waals surface area contributed by atoms with Gasteiger partial charge in [-0.2, -0.15) is 0 Å². The molecular weight excluding hydrogens is 322 g/mol. The summed E-state index contributed by atoms with van der Waals surface area (Å²) in [6.07, 6.45) is 2.97. The van der Waals surface area contributed by atoms with E-state index in [1.165, 1.54) is 12.0 Å². The maximum atomic E-state index is 12.1. The number of thiocarbonyl (C=S) groups is 1. The molecule has 0 unspecified atom stereocenters. The number of carbonyl (C=O) groups excluding carboxylic acids is 1. The Morgan fingerprint density at radius 2 is 2.27 bits per heavy atom. The van der Waals surface area contributed by atoms with Gasteiger partial charge in [-0.25, -0.2) is 4.79 Å². The fraction of sp³-hybridized carbons (Fsp3) is 0.357. The normalized spacial score (nSPS) is 12.8. The summed E-state index contributed by atoms with van der Waals surface area (Å²) in [5, 5.41) is 10.9. The number of aryl methyl sites for hydroxylation is 2. The van der Waals surface area contributed by atoms with E-state index in [4.69, 9.17) is 21.5 Å². The van der Waals surface area contributed by atoms with Crippen molar-refractivity contribution < 1.29 is 14.1 Å². The molecule has 0 atom stereocenters. The lowest BCUT2D eigenvalue weighted by Crippen LogP contribution is -2.20. The minimum Gasteiger partial charge on any atom is -0.465 e. The second kappa shape index (κ2) is 6.05. The zero-order valence-corrected chi connectivity index (χ0v) is 13.8. The van der Waals surface area contributed by atoms with Crippen molar-refractivity contribution in [3.05, 3.63) is 27.8 Å². The molecule has 1 aliphatic carbocycles. The van der Waals surface area contributed by atoms with Crippen molar-refractivity contribution in [3.8, 4) is 0 Å². The number of hydrogen-bond acceptors (Lipinski definition) is 6. The lowest BCUT2D eigenvalue weighted by atomic mass is 10.1. The van der Waals surface area contributed by atoms with Crippen molar-refractivity contribution in [1.82, 2.24) is 5.16 Å². The van der Waals surface area contributed by atoms with E-state index < -0.39 is 0 Å². The van der Waals surface area contributed by atoms with E-state index >= 15 is 0 Å². The van der Waals surface area contributed by atoms with Gasteiger partial charge >= 0.3 is 5.97 Å². The third-order valence-electron chi connectivity index (χ3n) is 3.41. The van der Waals surface area contributed by atoms with Crippen LogP contribution < -0.4 is 10.6 Å². The summed E-state index contributed by atoms with van der Waals surface area (Å²) in [6.45, 7) is 1.80. The van der Waals surface area contributed by atoms with Crippen LogP contribution in [0.3, 0.4) is 0 Å². The minimum absolute atomic E-state index is 0.331. The van der Waals surface area contributed by atoms with Crippen molar-refractivity contribution in [3.63, 3.8) is 0 Å². The standard InChI is InChI=1S/C14H15N3O3S2/c1-7-6-10(17-20-7)15-14(21)16-12-11(13(18)19-2)8-4-3-5-9(8)22-12/h6H,3-5H2,1-2H3,(H2,15,16,17,21). The highest BCUT2D eigenvalue weighted by Gasteiger charge is 2.27. The maximum absolute atomic E-state index is 12.1. The third-order valence-corrected chi connectivity index (χ3v) is 4.82. The second-order valence-electron chi connectivity index (χ2n) is 4.95. The van der Waals surface area contributed by atoms with Crippen LogP contribution in [-0.2, 0) is 17.6 Å². The maximum Gasteiger partial charge on any atom is 0.341 e. The van der Waals surface area contributed by atoms with Gasteiger partial charge in [0.05, 0.1) is 12.7 Å². The molecule has 116 valence electrons. The fourth-order valence-electron chi connectivity index (χ4n) is 2.49. The molecule has 0 saturated heterocycles. The first-order valence-corrected chi connectivity index (χ1v) is 8.05. The number of methoxy groups -OCH3 is 1. The average molecular weight is 337 g/mol. The van der Waals surface area contributed by atoms with E-state index in [0.29, 0.717) is 27.3 Å². The highest BCUT2D eigenvalue weighted by Crippen LogP contribution is 2.39. The summed E-state index contributed by atoms with van der Waals surface area (Å²) in [6, 6.07) is 1.74. The molecule has 8 heteroatoms. The Kier molecular flexibility index (Phi) is 4.12. The minimum atomic E-state index is -0.331. The molecule has 2 heterocycles. The lowest BCUT2D eigenvalue weighted by molar-refractivity contribution is 0.0601. The summed E-state index contributed by atoms with van der Waals surface area (Å²) in [5.41, 5.74) is 1.68. The molecule has 0 fully saturated rings. The Morgan fingerprint density at radius 3 is 2.95 bits per heavy atom. The molecule has 0 spiro atoms. The van der Waals surface area contributed by atoms with E-state index in [0.717, 1.165) is 24.8 Å². The van der Waals surface area contributed by atoms with Gasteiger partial charge in [-0.1, -0.05) is 5.16 Å². The van der Waals surface area contributed by atoms with Crippen LogP contribution >= 0.6 is 23.6 Å². The van der Waals surface area contributed by atoms with Crippen LogP contribution in [0.15, 0.2) is 10.6 Å². The Morgan fingerprint density at radius 1 is 1.45 bits per heavy atom. The van der Waals surface area contributed by atoms with Crippen LogP contribution in [0.5, 0.6) is 0 Å². The molecule has 3 rings (SSSR count). The molecule has 2 N–H and O–H groups in total. The number of nitrogens with zero attached hydrogens (tertiary/aromatic N) is 1. The Hall–Kier alpha value is -1.93. The number of nitrogens with one attached hydrogen (secondary N) is 2. The van der Waals surface area contributed by atoms with Gasteiger partial charge in [-0.15, -0.1) is 11.3 Å². The molecule has 2 aromatic heterocycles. The summed E-state index contributed by atoms with van der Waals surface area (Å²) >= 11 is 6.82.